The second-order valence-corrected chi connectivity index (χ2v) is 5.97. The van der Waals surface area contributed by atoms with Gasteiger partial charge in [-0.15, -0.1) is 0 Å². The Labute approximate surface area is 117 Å². The van der Waals surface area contributed by atoms with E-state index in [1.807, 2.05) is 0 Å². The second kappa shape index (κ2) is 6.40. The molecule has 0 aromatic heterocycles. The highest BCUT2D eigenvalue weighted by atomic mass is 15.3. The molecule has 1 aromatic rings. The van der Waals surface area contributed by atoms with Gasteiger partial charge in [-0.2, -0.15) is 0 Å². The fraction of sp³-hybridized carbons (Fsp3) is 0.625. The molecule has 0 spiro atoms. The largest absolute Gasteiger partial charge is 0.368 e. The number of piperazine rings is 1. The van der Waals surface area contributed by atoms with Crippen LogP contribution < -0.4 is 10.6 Å². The molecule has 19 heavy (non-hydrogen) atoms. The molecule has 0 saturated carbocycles. The molecule has 1 heterocycles. The first-order valence-corrected chi connectivity index (χ1v) is 7.37. The summed E-state index contributed by atoms with van der Waals surface area (Å²) in [5, 5.41) is 0. The summed E-state index contributed by atoms with van der Waals surface area (Å²) in [4.78, 5) is 5.08. The van der Waals surface area contributed by atoms with Crippen LogP contribution in [0, 0.1) is 12.8 Å². The van der Waals surface area contributed by atoms with Gasteiger partial charge in [0.25, 0.3) is 0 Å². The van der Waals surface area contributed by atoms with Gasteiger partial charge in [-0.1, -0.05) is 32.0 Å². The van der Waals surface area contributed by atoms with Crippen molar-refractivity contribution >= 4 is 5.69 Å². The van der Waals surface area contributed by atoms with Gasteiger partial charge in [0, 0.05) is 45.0 Å². The van der Waals surface area contributed by atoms with Crippen molar-refractivity contribution in [1.29, 1.82) is 0 Å². The van der Waals surface area contributed by atoms with Gasteiger partial charge in [0.15, 0.2) is 0 Å². The van der Waals surface area contributed by atoms with Crippen LogP contribution in [0.4, 0.5) is 5.69 Å². The first kappa shape index (κ1) is 14.4. The van der Waals surface area contributed by atoms with Gasteiger partial charge in [-0.25, -0.2) is 0 Å². The highest BCUT2D eigenvalue weighted by Crippen LogP contribution is 2.26. The van der Waals surface area contributed by atoms with Crippen molar-refractivity contribution in [1.82, 2.24) is 4.90 Å². The average molecular weight is 261 g/mol. The van der Waals surface area contributed by atoms with Crippen LogP contribution >= 0.6 is 0 Å². The van der Waals surface area contributed by atoms with E-state index in [1.165, 1.54) is 23.4 Å². The van der Waals surface area contributed by atoms with Crippen LogP contribution in [-0.4, -0.2) is 37.6 Å². The minimum absolute atomic E-state index is 0.628. The summed E-state index contributed by atoms with van der Waals surface area (Å²) in [5.74, 6) is 0.754. The molecule has 1 fully saturated rings. The second-order valence-electron chi connectivity index (χ2n) is 5.97. The van der Waals surface area contributed by atoms with E-state index in [4.69, 9.17) is 5.73 Å². The maximum Gasteiger partial charge on any atom is 0.0442 e. The predicted octanol–water partition coefficient (Wildman–Crippen LogP) is 2.23. The Balaban J connectivity index is 2.05. The zero-order chi connectivity index (χ0) is 13.8. The number of aryl methyl sites for hydroxylation is 1. The molecule has 0 aliphatic carbocycles. The van der Waals surface area contributed by atoms with Crippen LogP contribution in [0.3, 0.4) is 0 Å². The highest BCUT2D eigenvalue weighted by Gasteiger charge is 2.20. The van der Waals surface area contributed by atoms with Crippen molar-refractivity contribution in [2.75, 3.05) is 37.6 Å². The standard InChI is InChI=1S/C16H27N3/c1-13(2)12-18-7-9-19(10-8-18)16-14(3)5-4-6-15(16)11-17/h4-6,13H,7-12,17H2,1-3H3. The Morgan fingerprint density at radius 3 is 2.42 bits per heavy atom. The van der Waals surface area contributed by atoms with Gasteiger partial charge in [0.05, 0.1) is 0 Å². The number of hydrogen-bond donors (Lipinski definition) is 1. The molecule has 2 rings (SSSR count). The molecule has 0 atom stereocenters. The van der Waals surface area contributed by atoms with Crippen LogP contribution in [0.1, 0.15) is 25.0 Å². The van der Waals surface area contributed by atoms with E-state index >= 15 is 0 Å². The Morgan fingerprint density at radius 1 is 1.16 bits per heavy atom. The zero-order valence-corrected chi connectivity index (χ0v) is 12.5. The fourth-order valence-electron chi connectivity index (χ4n) is 3.01. The van der Waals surface area contributed by atoms with Crippen molar-refractivity contribution in [3.05, 3.63) is 29.3 Å². The fourth-order valence-corrected chi connectivity index (χ4v) is 3.01. The van der Waals surface area contributed by atoms with Crippen LogP contribution in [0.25, 0.3) is 0 Å². The normalized spacial score (nSPS) is 17.2. The van der Waals surface area contributed by atoms with E-state index in [0.29, 0.717) is 6.54 Å². The molecule has 3 heteroatoms. The van der Waals surface area contributed by atoms with Crippen molar-refractivity contribution in [2.45, 2.75) is 27.3 Å². The Morgan fingerprint density at radius 2 is 1.84 bits per heavy atom. The molecular formula is C16H27N3. The minimum atomic E-state index is 0.628. The molecule has 0 unspecified atom stereocenters. The molecular weight excluding hydrogens is 234 g/mol. The van der Waals surface area contributed by atoms with Gasteiger partial charge in [-0.05, 0) is 24.0 Å². The van der Waals surface area contributed by atoms with Crippen LogP contribution in [0.2, 0.25) is 0 Å². The number of hydrogen-bond acceptors (Lipinski definition) is 3. The topological polar surface area (TPSA) is 32.5 Å². The quantitative estimate of drug-likeness (QED) is 0.902. The predicted molar refractivity (Wildman–Crippen MR) is 82.6 cm³/mol. The van der Waals surface area contributed by atoms with Crippen molar-refractivity contribution in [3.8, 4) is 0 Å². The summed E-state index contributed by atoms with van der Waals surface area (Å²) in [5.41, 5.74) is 9.87. The molecule has 0 radical (unpaired) electrons. The molecule has 0 bridgehead atoms. The van der Waals surface area contributed by atoms with Crippen LogP contribution in [-0.2, 0) is 6.54 Å². The molecule has 1 saturated heterocycles. The summed E-state index contributed by atoms with van der Waals surface area (Å²) in [6.45, 7) is 13.2. The monoisotopic (exact) mass is 261 g/mol. The van der Waals surface area contributed by atoms with Gasteiger partial charge in [0.1, 0.15) is 0 Å². The lowest BCUT2D eigenvalue weighted by Crippen LogP contribution is -2.48. The van der Waals surface area contributed by atoms with E-state index in [0.717, 1.165) is 32.1 Å². The van der Waals surface area contributed by atoms with Crippen molar-refractivity contribution < 1.29 is 0 Å². The first-order chi connectivity index (χ1) is 9.11. The van der Waals surface area contributed by atoms with Crippen molar-refractivity contribution in [2.24, 2.45) is 11.7 Å². The van der Waals surface area contributed by atoms with Gasteiger partial charge >= 0.3 is 0 Å². The smallest absolute Gasteiger partial charge is 0.0442 e. The summed E-state index contributed by atoms with van der Waals surface area (Å²) >= 11 is 0. The van der Waals surface area contributed by atoms with E-state index in [9.17, 15) is 0 Å². The summed E-state index contributed by atoms with van der Waals surface area (Å²) in [6, 6.07) is 6.45. The third-order valence-electron chi connectivity index (χ3n) is 3.85. The number of benzene rings is 1. The molecule has 1 aliphatic rings. The van der Waals surface area contributed by atoms with Crippen LogP contribution in [0.15, 0.2) is 18.2 Å². The first-order valence-electron chi connectivity index (χ1n) is 7.37. The van der Waals surface area contributed by atoms with Gasteiger partial charge < -0.3 is 10.6 Å². The molecule has 2 N–H and O–H groups in total. The number of para-hydroxylation sites is 1. The lowest BCUT2D eigenvalue weighted by Gasteiger charge is -2.38. The number of anilines is 1. The molecule has 1 aliphatic heterocycles. The van der Waals surface area contributed by atoms with E-state index in [2.05, 4.69) is 48.8 Å². The summed E-state index contributed by atoms with van der Waals surface area (Å²) in [7, 11) is 0. The van der Waals surface area contributed by atoms with Gasteiger partial charge in [-0.3, -0.25) is 4.90 Å². The van der Waals surface area contributed by atoms with E-state index in [-0.39, 0.29) is 0 Å². The third-order valence-corrected chi connectivity index (χ3v) is 3.85. The zero-order valence-electron chi connectivity index (χ0n) is 12.5. The summed E-state index contributed by atoms with van der Waals surface area (Å²) < 4.78 is 0. The molecule has 106 valence electrons. The highest BCUT2D eigenvalue weighted by molar-refractivity contribution is 5.59. The average Bonchev–Trinajstić information content (AvgIpc) is 2.39. The molecule has 3 nitrogen and oxygen atoms in total. The van der Waals surface area contributed by atoms with Gasteiger partial charge in [0.2, 0.25) is 0 Å². The minimum Gasteiger partial charge on any atom is -0.368 e. The SMILES string of the molecule is Cc1cccc(CN)c1N1CCN(CC(C)C)CC1. The Hall–Kier alpha value is -1.06. The Bertz CT molecular complexity index is 406. The molecule has 0 amide bonds. The third kappa shape index (κ3) is 3.48. The Kier molecular flexibility index (Phi) is 4.83. The maximum absolute atomic E-state index is 5.88. The maximum atomic E-state index is 5.88. The molecule has 1 aromatic carbocycles. The van der Waals surface area contributed by atoms with E-state index in [1.54, 1.807) is 0 Å². The van der Waals surface area contributed by atoms with Crippen LogP contribution in [0.5, 0.6) is 0 Å². The van der Waals surface area contributed by atoms with Crippen molar-refractivity contribution in [3.63, 3.8) is 0 Å². The van der Waals surface area contributed by atoms with E-state index < -0.39 is 0 Å². The lowest BCUT2D eigenvalue weighted by molar-refractivity contribution is 0.231. The number of nitrogens with zero attached hydrogens (tertiary/aromatic N) is 2. The number of rotatable bonds is 4. The summed E-state index contributed by atoms with van der Waals surface area (Å²) in [6.07, 6.45) is 0. The lowest BCUT2D eigenvalue weighted by atomic mass is 10.1. The number of nitrogens with two attached hydrogens (primary N) is 1.